The number of sulfonamides is 1. The summed E-state index contributed by atoms with van der Waals surface area (Å²) in [4.78, 5) is 68.8. The van der Waals surface area contributed by atoms with Crippen LogP contribution in [0.5, 0.6) is 0 Å². The zero-order valence-electron chi connectivity index (χ0n) is 28.2. The Morgan fingerprint density at radius 1 is 1.06 bits per heavy atom. The van der Waals surface area contributed by atoms with E-state index in [1.165, 1.54) is 4.90 Å². The molecule has 15 heteroatoms. The maximum Gasteiger partial charge on any atom is 0.408 e. The third-order valence-corrected chi connectivity index (χ3v) is 11.5. The van der Waals surface area contributed by atoms with Gasteiger partial charge in [0.05, 0.1) is 18.4 Å². The lowest BCUT2D eigenvalue weighted by Gasteiger charge is -2.30. The van der Waals surface area contributed by atoms with Gasteiger partial charge in [0.15, 0.2) is 0 Å². The van der Waals surface area contributed by atoms with Crippen LogP contribution in [0.25, 0.3) is 0 Å². The van der Waals surface area contributed by atoms with E-state index in [1.54, 1.807) is 32.9 Å². The molecule has 0 bridgehead atoms. The van der Waals surface area contributed by atoms with E-state index in [4.69, 9.17) is 14.2 Å². The molecular weight excluding hydrogens is 644 g/mol. The van der Waals surface area contributed by atoms with E-state index in [1.807, 2.05) is 0 Å². The molecule has 5 aliphatic rings. The average molecular weight is 695 g/mol. The van der Waals surface area contributed by atoms with Crippen molar-refractivity contribution < 1.29 is 46.6 Å². The number of hydrogen-bond donors (Lipinski definition) is 3. The molecule has 0 spiro atoms. The van der Waals surface area contributed by atoms with Gasteiger partial charge < -0.3 is 29.7 Å². The summed E-state index contributed by atoms with van der Waals surface area (Å²) in [6.07, 6.45) is 8.94. The van der Waals surface area contributed by atoms with Crippen molar-refractivity contribution in [1.29, 1.82) is 0 Å². The van der Waals surface area contributed by atoms with Gasteiger partial charge in [0.25, 0.3) is 5.91 Å². The number of alkyl carbamates (subject to hydrolysis) is 1. The van der Waals surface area contributed by atoms with Gasteiger partial charge in [0, 0.05) is 25.4 Å². The van der Waals surface area contributed by atoms with Crippen molar-refractivity contribution in [2.24, 2.45) is 11.8 Å². The first-order chi connectivity index (χ1) is 22.7. The van der Waals surface area contributed by atoms with Gasteiger partial charge in [-0.05, 0) is 71.6 Å². The lowest BCUT2D eigenvalue weighted by molar-refractivity contribution is -0.150. The molecule has 0 radical (unpaired) electrons. The summed E-state index contributed by atoms with van der Waals surface area (Å²) < 4.78 is 44.5. The number of esters is 1. The molecule has 5 rings (SSSR count). The molecule has 0 unspecified atom stereocenters. The summed E-state index contributed by atoms with van der Waals surface area (Å²) in [6.45, 7) is 5.48. The van der Waals surface area contributed by atoms with Crippen molar-refractivity contribution in [2.45, 2.75) is 132 Å². The topological polar surface area (TPSA) is 187 Å². The predicted octanol–water partition coefficient (Wildman–Crippen LogP) is 2.21. The van der Waals surface area contributed by atoms with Crippen LogP contribution in [0.15, 0.2) is 12.2 Å². The Kier molecular flexibility index (Phi) is 11.1. The van der Waals surface area contributed by atoms with E-state index in [0.29, 0.717) is 19.3 Å². The molecule has 0 aromatic carbocycles. The van der Waals surface area contributed by atoms with E-state index in [2.05, 4.69) is 15.4 Å². The van der Waals surface area contributed by atoms with Crippen molar-refractivity contribution in [2.75, 3.05) is 19.8 Å². The SMILES string of the molecule is CC(C)(C)OC(=O)N[C@H]1CCCOC/C=C\[C@@H]2C[C@@]2(C(=O)NS(=O)(=O)C2CC2)NC(=O)[C@@H]2C[C@@H](OC(=O)CC3CCCCC3)CN2C1=O. The third kappa shape index (κ3) is 9.27. The minimum absolute atomic E-state index is 0.0190. The smallest absolute Gasteiger partial charge is 0.408 e. The summed E-state index contributed by atoms with van der Waals surface area (Å²) in [5, 5.41) is 4.79. The molecule has 2 aliphatic heterocycles. The van der Waals surface area contributed by atoms with Crippen LogP contribution < -0.4 is 15.4 Å². The fourth-order valence-corrected chi connectivity index (χ4v) is 8.23. The maximum absolute atomic E-state index is 14.2. The highest BCUT2D eigenvalue weighted by Gasteiger charge is 2.62. The predicted molar refractivity (Wildman–Crippen MR) is 173 cm³/mol. The first-order valence-corrected chi connectivity index (χ1v) is 18.8. The van der Waals surface area contributed by atoms with E-state index < -0.39 is 80.3 Å². The first-order valence-electron chi connectivity index (χ1n) is 17.3. The van der Waals surface area contributed by atoms with Gasteiger partial charge in [0.2, 0.25) is 21.8 Å². The largest absolute Gasteiger partial charge is 0.460 e. The first kappa shape index (κ1) is 36.1. The number of carbonyl (C=O) groups is 5. The number of hydrogen-bond acceptors (Lipinski definition) is 10. The van der Waals surface area contributed by atoms with Crippen molar-refractivity contribution in [3.05, 3.63) is 12.2 Å². The third-order valence-electron chi connectivity index (χ3n) is 9.64. The summed E-state index contributed by atoms with van der Waals surface area (Å²) in [5.74, 6) is -2.73. The second kappa shape index (κ2) is 14.7. The van der Waals surface area contributed by atoms with Gasteiger partial charge in [-0.3, -0.25) is 23.9 Å². The van der Waals surface area contributed by atoms with Crippen LogP contribution in [-0.4, -0.2) is 97.4 Å². The van der Waals surface area contributed by atoms with Crippen LogP contribution in [0, 0.1) is 11.8 Å². The molecule has 14 nitrogen and oxygen atoms in total. The second-order valence-electron chi connectivity index (χ2n) is 14.9. The molecule has 1 saturated heterocycles. The number of fused-ring (bicyclic) bond motifs is 2. The van der Waals surface area contributed by atoms with Crippen LogP contribution in [0.3, 0.4) is 0 Å². The lowest BCUT2D eigenvalue weighted by Crippen LogP contribution is -2.58. The normalized spacial score (nSPS) is 31.2. The standard InChI is InChI=1S/C33H50N4O10S/c1-32(2,3)47-31(42)34-25-12-8-16-45-15-7-11-22-19-33(22,30(41)36-48(43,44)24-13-14-24)35-28(39)26-18-23(20-37(26)29(25)40)46-27(38)17-21-9-5-4-6-10-21/h7,11,21-26H,4-6,8-10,12-20H2,1-3H3,(H,34,42)(H,35,39)(H,36,41)/b11-7-/t22-,23-,25+,26+,33-/m1/s1. The molecule has 3 N–H and O–H groups in total. The van der Waals surface area contributed by atoms with E-state index in [9.17, 15) is 32.4 Å². The van der Waals surface area contributed by atoms with Crippen LogP contribution >= 0.6 is 0 Å². The fourth-order valence-electron chi connectivity index (χ4n) is 6.87. The summed E-state index contributed by atoms with van der Waals surface area (Å²) in [5.41, 5.74) is -2.37. The molecule has 4 fully saturated rings. The highest BCUT2D eigenvalue weighted by Crippen LogP contribution is 2.46. The molecule has 4 amide bonds. The zero-order valence-corrected chi connectivity index (χ0v) is 29.0. The Morgan fingerprint density at radius 3 is 2.48 bits per heavy atom. The van der Waals surface area contributed by atoms with Gasteiger partial charge in [0.1, 0.15) is 29.3 Å². The Morgan fingerprint density at radius 2 is 1.79 bits per heavy atom. The van der Waals surface area contributed by atoms with Crippen molar-refractivity contribution >= 4 is 39.8 Å². The highest BCUT2D eigenvalue weighted by molar-refractivity contribution is 7.91. The van der Waals surface area contributed by atoms with Gasteiger partial charge in [-0.1, -0.05) is 31.4 Å². The summed E-state index contributed by atoms with van der Waals surface area (Å²) in [7, 11) is -3.90. The van der Waals surface area contributed by atoms with E-state index >= 15 is 0 Å². The highest BCUT2D eigenvalue weighted by atomic mass is 32.2. The fraction of sp³-hybridized carbons (Fsp3) is 0.788. The summed E-state index contributed by atoms with van der Waals surface area (Å²) >= 11 is 0. The molecule has 268 valence electrons. The number of nitrogens with zero attached hydrogens (tertiary/aromatic N) is 1. The van der Waals surface area contributed by atoms with Gasteiger partial charge in [-0.25, -0.2) is 13.2 Å². The second-order valence-corrected chi connectivity index (χ2v) is 16.8. The van der Waals surface area contributed by atoms with Crippen LogP contribution in [0.2, 0.25) is 0 Å². The molecule has 2 heterocycles. The number of carbonyl (C=O) groups excluding carboxylic acids is 5. The van der Waals surface area contributed by atoms with Gasteiger partial charge in [-0.2, -0.15) is 0 Å². The Hall–Kier alpha value is -3.20. The minimum Gasteiger partial charge on any atom is -0.460 e. The molecule has 3 saturated carbocycles. The molecule has 0 aromatic heterocycles. The molecule has 5 atom stereocenters. The number of nitrogens with one attached hydrogen (secondary N) is 3. The quantitative estimate of drug-likeness (QED) is 0.264. The Balaban J connectivity index is 1.38. The van der Waals surface area contributed by atoms with Crippen molar-refractivity contribution in [1.82, 2.24) is 20.3 Å². The van der Waals surface area contributed by atoms with Crippen LogP contribution in [0.1, 0.15) is 97.8 Å². The Bertz CT molecular complexity index is 1380. The summed E-state index contributed by atoms with van der Waals surface area (Å²) in [6, 6.07) is -2.23. The van der Waals surface area contributed by atoms with E-state index in [0.717, 1.165) is 32.1 Å². The zero-order chi connectivity index (χ0) is 34.7. The number of rotatable bonds is 7. The van der Waals surface area contributed by atoms with Crippen LogP contribution in [-0.2, 0) is 43.4 Å². The molecule has 0 aromatic rings. The number of amides is 4. The average Bonchev–Trinajstić information content (AvgIpc) is 3.92. The molecule has 3 aliphatic carbocycles. The molecule has 48 heavy (non-hydrogen) atoms. The minimum atomic E-state index is -3.90. The van der Waals surface area contributed by atoms with Gasteiger partial charge >= 0.3 is 12.1 Å². The monoisotopic (exact) mass is 694 g/mol. The van der Waals surface area contributed by atoms with Crippen molar-refractivity contribution in [3.63, 3.8) is 0 Å². The van der Waals surface area contributed by atoms with Gasteiger partial charge in [-0.15, -0.1) is 0 Å². The maximum atomic E-state index is 14.2. The lowest BCUT2D eigenvalue weighted by atomic mass is 9.87. The Labute approximate surface area is 282 Å². The van der Waals surface area contributed by atoms with Crippen molar-refractivity contribution in [3.8, 4) is 0 Å². The van der Waals surface area contributed by atoms with E-state index in [-0.39, 0.29) is 51.4 Å². The van der Waals surface area contributed by atoms with Crippen LogP contribution in [0.4, 0.5) is 4.79 Å². The number of ether oxygens (including phenoxy) is 3. The molecular formula is C33H50N4O10S.